The summed E-state index contributed by atoms with van der Waals surface area (Å²) in [7, 11) is 0. The van der Waals surface area contributed by atoms with Gasteiger partial charge in [-0.15, -0.1) is 0 Å². The highest BCUT2D eigenvalue weighted by Gasteiger charge is 2.48. The van der Waals surface area contributed by atoms with Crippen molar-refractivity contribution in [2.45, 2.75) is 58.1 Å². The molecule has 104 valence electrons. The molecule has 18 heavy (non-hydrogen) atoms. The highest BCUT2D eigenvalue weighted by Crippen LogP contribution is 2.30. The number of carbonyl (C=O) groups excluding carboxylic acids is 2. The first kappa shape index (κ1) is 14.9. The zero-order valence-electron chi connectivity index (χ0n) is 11.5. The summed E-state index contributed by atoms with van der Waals surface area (Å²) in [5.74, 6) is 0. The lowest BCUT2D eigenvalue weighted by molar-refractivity contribution is -0.118. The van der Waals surface area contributed by atoms with E-state index < -0.39 is 29.6 Å². The van der Waals surface area contributed by atoms with Crippen molar-refractivity contribution in [2.75, 3.05) is 6.61 Å². The highest BCUT2D eigenvalue weighted by molar-refractivity contribution is 5.71. The second-order valence-electron chi connectivity index (χ2n) is 5.80. The van der Waals surface area contributed by atoms with Crippen LogP contribution >= 0.6 is 0 Å². The largest absolute Gasteiger partial charge is 0.444 e. The summed E-state index contributed by atoms with van der Waals surface area (Å²) in [6, 6.07) is -0.715. The molecule has 6 heteroatoms. The normalized spacial score (nSPS) is 24.8. The monoisotopic (exact) mass is 259 g/mol. The Labute approximate surface area is 107 Å². The van der Waals surface area contributed by atoms with Crippen molar-refractivity contribution >= 4 is 12.4 Å². The molecular weight excluding hydrogens is 238 g/mol. The van der Waals surface area contributed by atoms with Gasteiger partial charge in [-0.05, 0) is 34.6 Å². The van der Waals surface area contributed by atoms with E-state index in [1.807, 2.05) is 0 Å². The molecule has 0 aromatic heterocycles. The molecule has 0 aromatic carbocycles. The quantitative estimate of drug-likeness (QED) is 0.746. The molecule has 2 atom stereocenters. The van der Waals surface area contributed by atoms with Crippen LogP contribution in [0.25, 0.3) is 0 Å². The summed E-state index contributed by atoms with van der Waals surface area (Å²) in [5, 5.41) is 9.61. The molecule has 0 spiro atoms. The number of nitrogens with zero attached hydrogens (tertiary/aromatic N) is 1. The number of hydrogen-bond donors (Lipinski definition) is 1. The van der Waals surface area contributed by atoms with Crippen LogP contribution in [0.4, 0.5) is 4.79 Å². The van der Waals surface area contributed by atoms with Crippen molar-refractivity contribution in [1.82, 2.24) is 4.90 Å². The number of aliphatic hydroxyl groups is 1. The number of ether oxygens (including phenoxy) is 2. The maximum Gasteiger partial charge on any atom is 0.413 e. The van der Waals surface area contributed by atoms with E-state index in [2.05, 4.69) is 0 Å². The van der Waals surface area contributed by atoms with E-state index in [1.165, 1.54) is 4.90 Å². The third-order valence-electron chi connectivity index (χ3n) is 2.64. The lowest BCUT2D eigenvalue weighted by atomic mass is 10.1. The van der Waals surface area contributed by atoms with Gasteiger partial charge >= 0.3 is 6.09 Å². The Morgan fingerprint density at radius 2 is 2.11 bits per heavy atom. The van der Waals surface area contributed by atoms with Gasteiger partial charge in [-0.2, -0.15) is 0 Å². The summed E-state index contributed by atoms with van der Waals surface area (Å²) < 4.78 is 10.7. The zero-order valence-corrected chi connectivity index (χ0v) is 11.5. The third kappa shape index (κ3) is 3.20. The van der Waals surface area contributed by atoms with Gasteiger partial charge in [0, 0.05) is 0 Å². The van der Waals surface area contributed by atoms with E-state index >= 15 is 0 Å². The van der Waals surface area contributed by atoms with Crippen molar-refractivity contribution in [3.63, 3.8) is 0 Å². The second-order valence-corrected chi connectivity index (χ2v) is 5.80. The molecule has 1 aliphatic heterocycles. The molecule has 0 unspecified atom stereocenters. The highest BCUT2D eigenvalue weighted by atomic mass is 16.6. The summed E-state index contributed by atoms with van der Waals surface area (Å²) in [5.41, 5.74) is -1.55. The van der Waals surface area contributed by atoms with Gasteiger partial charge in [-0.1, -0.05) is 0 Å². The van der Waals surface area contributed by atoms with Gasteiger partial charge in [0.2, 0.25) is 0 Å². The molecular formula is C12H21NO5. The van der Waals surface area contributed by atoms with E-state index in [-0.39, 0.29) is 6.61 Å². The van der Waals surface area contributed by atoms with E-state index in [4.69, 9.17) is 9.47 Å². The Hall–Kier alpha value is -1.14. The average Bonchev–Trinajstić information content (AvgIpc) is 2.50. The number of carbonyl (C=O) groups is 2. The van der Waals surface area contributed by atoms with Gasteiger partial charge in [0.1, 0.15) is 17.4 Å². The molecule has 1 aliphatic rings. The first-order valence-corrected chi connectivity index (χ1v) is 5.88. The molecule has 0 aliphatic carbocycles. The van der Waals surface area contributed by atoms with Gasteiger partial charge in [-0.3, -0.25) is 4.90 Å². The molecule has 0 bridgehead atoms. The molecule has 1 N–H and O–H groups in total. The van der Waals surface area contributed by atoms with Gasteiger partial charge in [-0.25, -0.2) is 4.79 Å². The first-order chi connectivity index (χ1) is 8.08. The Kier molecular flexibility index (Phi) is 4.02. The van der Waals surface area contributed by atoms with Gasteiger partial charge in [0.05, 0.1) is 12.6 Å². The molecule has 1 rings (SSSR count). The predicted molar refractivity (Wildman–Crippen MR) is 64.0 cm³/mol. The molecule has 6 nitrogen and oxygen atoms in total. The minimum absolute atomic E-state index is 0.103. The predicted octanol–water partition coefficient (Wildman–Crippen LogP) is 0.918. The Morgan fingerprint density at radius 3 is 2.56 bits per heavy atom. The van der Waals surface area contributed by atoms with Crippen LogP contribution in [0.1, 0.15) is 34.6 Å². The summed E-state index contributed by atoms with van der Waals surface area (Å²) in [4.78, 5) is 24.1. The maximum atomic E-state index is 12.1. The molecule has 0 saturated carbocycles. The van der Waals surface area contributed by atoms with Crippen LogP contribution in [0.5, 0.6) is 0 Å². The van der Waals surface area contributed by atoms with Crippen molar-refractivity contribution < 1.29 is 24.2 Å². The number of aliphatic hydroxyl groups excluding tert-OH is 1. The van der Waals surface area contributed by atoms with Gasteiger partial charge < -0.3 is 19.4 Å². The topological polar surface area (TPSA) is 76.1 Å². The minimum Gasteiger partial charge on any atom is -0.444 e. The van der Waals surface area contributed by atoms with Crippen LogP contribution in [0.2, 0.25) is 0 Å². The Morgan fingerprint density at radius 1 is 1.56 bits per heavy atom. The number of amides is 1. The van der Waals surface area contributed by atoms with Crippen LogP contribution in [0, 0.1) is 0 Å². The maximum absolute atomic E-state index is 12.1. The molecule has 0 radical (unpaired) electrons. The van der Waals surface area contributed by atoms with Gasteiger partial charge in [0.25, 0.3) is 0 Å². The number of rotatable bonds is 2. The SMILES string of the molecule is CC(C)(C)OC(=O)N1[C@H]([C@@H](O)C=O)COC1(C)C. The fourth-order valence-corrected chi connectivity index (χ4v) is 1.84. The number of aldehydes is 1. The molecule has 1 amide bonds. The average molecular weight is 259 g/mol. The third-order valence-corrected chi connectivity index (χ3v) is 2.64. The summed E-state index contributed by atoms with van der Waals surface area (Å²) >= 11 is 0. The summed E-state index contributed by atoms with van der Waals surface area (Å²) in [6.07, 6.45) is -1.48. The Bertz CT molecular complexity index is 334. The van der Waals surface area contributed by atoms with Crippen LogP contribution in [0.15, 0.2) is 0 Å². The fraction of sp³-hybridized carbons (Fsp3) is 0.833. The fourth-order valence-electron chi connectivity index (χ4n) is 1.84. The standard InChI is InChI=1S/C12H21NO5/c1-11(2,3)18-10(16)13-8(9(15)6-14)7-17-12(13,4)5/h6,8-9,15H,7H2,1-5H3/t8-,9-/m0/s1. The molecule has 1 saturated heterocycles. The first-order valence-electron chi connectivity index (χ1n) is 5.88. The van der Waals surface area contributed by atoms with E-state index in [9.17, 15) is 14.7 Å². The molecule has 0 aromatic rings. The zero-order chi connectivity index (χ0) is 14.1. The molecule has 1 heterocycles. The van der Waals surface area contributed by atoms with Crippen LogP contribution in [-0.2, 0) is 14.3 Å². The summed E-state index contributed by atoms with van der Waals surface area (Å²) in [6.45, 7) is 8.73. The van der Waals surface area contributed by atoms with Crippen molar-refractivity contribution in [3.8, 4) is 0 Å². The smallest absolute Gasteiger partial charge is 0.413 e. The lowest BCUT2D eigenvalue weighted by Gasteiger charge is -2.35. The van der Waals surface area contributed by atoms with Crippen molar-refractivity contribution in [2.24, 2.45) is 0 Å². The number of hydrogen-bond acceptors (Lipinski definition) is 5. The van der Waals surface area contributed by atoms with Crippen molar-refractivity contribution in [3.05, 3.63) is 0 Å². The lowest BCUT2D eigenvalue weighted by Crippen LogP contribution is -2.53. The van der Waals surface area contributed by atoms with Crippen LogP contribution in [-0.4, -0.2) is 52.5 Å². The van der Waals surface area contributed by atoms with Gasteiger partial charge in [0.15, 0.2) is 6.29 Å². The van der Waals surface area contributed by atoms with E-state index in [1.54, 1.807) is 34.6 Å². The minimum atomic E-state index is -1.28. The Balaban J connectivity index is 2.92. The van der Waals surface area contributed by atoms with Crippen LogP contribution in [0.3, 0.4) is 0 Å². The van der Waals surface area contributed by atoms with Crippen LogP contribution < -0.4 is 0 Å². The molecule has 1 fully saturated rings. The van der Waals surface area contributed by atoms with E-state index in [0.717, 1.165) is 0 Å². The van der Waals surface area contributed by atoms with E-state index in [0.29, 0.717) is 6.29 Å². The second kappa shape index (κ2) is 4.85. The van der Waals surface area contributed by atoms with Crippen molar-refractivity contribution in [1.29, 1.82) is 0 Å².